The zero-order valence-corrected chi connectivity index (χ0v) is 12.6. The minimum absolute atomic E-state index is 0.227. The summed E-state index contributed by atoms with van der Waals surface area (Å²) in [5, 5.41) is 6.11. The Morgan fingerprint density at radius 3 is 2.90 bits per heavy atom. The van der Waals surface area contributed by atoms with Gasteiger partial charge in [-0.25, -0.2) is 9.18 Å². The van der Waals surface area contributed by atoms with Gasteiger partial charge in [0.25, 0.3) is 0 Å². The van der Waals surface area contributed by atoms with Crippen LogP contribution in [0.4, 0.5) is 14.9 Å². The number of hydrogen-bond acceptors (Lipinski definition) is 2. The van der Waals surface area contributed by atoms with Gasteiger partial charge in [0, 0.05) is 19.1 Å². The number of benzene rings is 1. The van der Waals surface area contributed by atoms with Crippen molar-refractivity contribution in [1.82, 2.24) is 10.2 Å². The van der Waals surface area contributed by atoms with E-state index < -0.39 is 5.82 Å². The maximum atomic E-state index is 13.6. The molecule has 2 rings (SSSR count). The average molecular weight is 293 g/mol. The maximum absolute atomic E-state index is 13.6. The van der Waals surface area contributed by atoms with Gasteiger partial charge >= 0.3 is 6.03 Å². The first-order valence-corrected chi connectivity index (χ1v) is 7.74. The molecule has 116 valence electrons. The molecule has 21 heavy (non-hydrogen) atoms. The molecule has 1 heterocycles. The number of anilines is 1. The highest BCUT2D eigenvalue weighted by Gasteiger charge is 2.20. The second-order valence-electron chi connectivity index (χ2n) is 5.50. The zero-order chi connectivity index (χ0) is 15.1. The molecule has 4 nitrogen and oxygen atoms in total. The SMILES string of the molecule is CCCN(CC1CCCCN1)C(=O)Nc1ccccc1F. The maximum Gasteiger partial charge on any atom is 0.321 e. The van der Waals surface area contributed by atoms with Crippen LogP contribution in [-0.2, 0) is 0 Å². The molecule has 0 radical (unpaired) electrons. The summed E-state index contributed by atoms with van der Waals surface area (Å²) in [7, 11) is 0. The normalized spacial score (nSPS) is 18.3. The number of para-hydroxylation sites is 1. The Morgan fingerprint density at radius 1 is 1.43 bits per heavy atom. The first-order valence-electron chi connectivity index (χ1n) is 7.74. The smallest absolute Gasteiger partial charge is 0.321 e. The van der Waals surface area contributed by atoms with Crippen molar-refractivity contribution in [3.63, 3.8) is 0 Å². The lowest BCUT2D eigenvalue weighted by Crippen LogP contribution is -2.47. The van der Waals surface area contributed by atoms with Crippen molar-refractivity contribution in [2.24, 2.45) is 0 Å². The third-order valence-electron chi connectivity index (χ3n) is 3.75. The Labute approximate surface area is 125 Å². The fourth-order valence-corrected chi connectivity index (χ4v) is 2.65. The van der Waals surface area contributed by atoms with E-state index in [9.17, 15) is 9.18 Å². The molecule has 5 heteroatoms. The van der Waals surface area contributed by atoms with Gasteiger partial charge < -0.3 is 15.5 Å². The highest BCUT2D eigenvalue weighted by molar-refractivity contribution is 5.89. The lowest BCUT2D eigenvalue weighted by molar-refractivity contribution is 0.199. The Kier molecular flexibility index (Phi) is 5.99. The average Bonchev–Trinajstić information content (AvgIpc) is 2.50. The van der Waals surface area contributed by atoms with E-state index >= 15 is 0 Å². The predicted octanol–water partition coefficient (Wildman–Crippen LogP) is 3.21. The van der Waals surface area contributed by atoms with Crippen molar-refractivity contribution in [2.45, 2.75) is 38.6 Å². The molecule has 0 aliphatic carbocycles. The minimum atomic E-state index is -0.405. The van der Waals surface area contributed by atoms with Crippen molar-refractivity contribution in [3.8, 4) is 0 Å². The van der Waals surface area contributed by atoms with Crippen molar-refractivity contribution >= 4 is 11.7 Å². The van der Waals surface area contributed by atoms with E-state index in [2.05, 4.69) is 10.6 Å². The lowest BCUT2D eigenvalue weighted by Gasteiger charge is -2.30. The summed E-state index contributed by atoms with van der Waals surface area (Å²) in [5.41, 5.74) is 0.236. The number of halogens is 1. The molecule has 1 unspecified atom stereocenters. The largest absolute Gasteiger partial charge is 0.323 e. The van der Waals surface area contributed by atoms with Crippen LogP contribution in [0, 0.1) is 5.82 Å². The molecule has 1 fully saturated rings. The molecule has 0 spiro atoms. The summed E-state index contributed by atoms with van der Waals surface area (Å²) >= 11 is 0. The lowest BCUT2D eigenvalue weighted by atomic mass is 10.0. The fraction of sp³-hybridized carbons (Fsp3) is 0.562. The van der Waals surface area contributed by atoms with E-state index in [0.717, 1.165) is 19.4 Å². The summed E-state index contributed by atoms with van der Waals surface area (Å²) in [4.78, 5) is 14.1. The van der Waals surface area contributed by atoms with Crippen molar-refractivity contribution in [3.05, 3.63) is 30.1 Å². The number of nitrogens with zero attached hydrogens (tertiary/aromatic N) is 1. The highest BCUT2D eigenvalue weighted by Crippen LogP contribution is 2.14. The number of piperidine rings is 1. The van der Waals surface area contributed by atoms with Gasteiger partial charge in [-0.15, -0.1) is 0 Å². The number of hydrogen-bond donors (Lipinski definition) is 2. The Morgan fingerprint density at radius 2 is 2.24 bits per heavy atom. The van der Waals surface area contributed by atoms with Crippen molar-refractivity contribution in [1.29, 1.82) is 0 Å². The first kappa shape index (κ1) is 15.8. The third kappa shape index (κ3) is 4.70. The summed E-state index contributed by atoms with van der Waals surface area (Å²) in [6.45, 7) is 4.41. The molecule has 1 aromatic carbocycles. The van der Waals surface area contributed by atoms with Gasteiger partial charge in [0.1, 0.15) is 5.82 Å². The molecule has 0 saturated carbocycles. The standard InChI is InChI=1S/C16H24FN3O/c1-2-11-20(12-13-7-5-6-10-18-13)16(21)19-15-9-4-3-8-14(15)17/h3-4,8-9,13,18H,2,5-7,10-12H2,1H3,(H,19,21). The first-order chi connectivity index (χ1) is 10.2. The van der Waals surface area contributed by atoms with Crippen LogP contribution in [-0.4, -0.2) is 36.6 Å². The number of urea groups is 1. The molecule has 1 aliphatic heterocycles. The molecular weight excluding hydrogens is 269 g/mol. The van der Waals surface area contributed by atoms with Crippen LogP contribution in [0.15, 0.2) is 24.3 Å². The molecule has 0 aromatic heterocycles. The monoisotopic (exact) mass is 293 g/mol. The van der Waals surface area contributed by atoms with Gasteiger partial charge in [0.2, 0.25) is 0 Å². The number of amides is 2. The molecule has 1 aromatic rings. The van der Waals surface area contributed by atoms with E-state index in [-0.39, 0.29) is 11.7 Å². The van der Waals surface area contributed by atoms with E-state index in [4.69, 9.17) is 0 Å². The molecule has 2 amide bonds. The molecule has 2 N–H and O–H groups in total. The fourth-order valence-electron chi connectivity index (χ4n) is 2.65. The minimum Gasteiger partial charge on any atom is -0.323 e. The van der Waals surface area contributed by atoms with Gasteiger partial charge in [-0.1, -0.05) is 25.5 Å². The molecule has 1 aliphatic rings. The van der Waals surface area contributed by atoms with E-state index in [1.807, 2.05) is 6.92 Å². The van der Waals surface area contributed by atoms with Crippen LogP contribution in [0.5, 0.6) is 0 Å². The highest BCUT2D eigenvalue weighted by atomic mass is 19.1. The Hall–Kier alpha value is -1.62. The van der Waals surface area contributed by atoms with E-state index in [0.29, 0.717) is 19.1 Å². The van der Waals surface area contributed by atoms with Gasteiger partial charge in [0.15, 0.2) is 0 Å². The molecule has 0 bridgehead atoms. The van der Waals surface area contributed by atoms with Gasteiger partial charge in [-0.05, 0) is 37.9 Å². The predicted molar refractivity (Wildman–Crippen MR) is 82.9 cm³/mol. The van der Waals surface area contributed by atoms with Crippen LogP contribution >= 0.6 is 0 Å². The van der Waals surface area contributed by atoms with Crippen LogP contribution in [0.1, 0.15) is 32.6 Å². The van der Waals surface area contributed by atoms with Gasteiger partial charge in [0.05, 0.1) is 5.69 Å². The molecule has 1 saturated heterocycles. The van der Waals surface area contributed by atoms with Crippen molar-refractivity contribution in [2.75, 3.05) is 25.0 Å². The van der Waals surface area contributed by atoms with Crippen LogP contribution in [0.2, 0.25) is 0 Å². The van der Waals surface area contributed by atoms with E-state index in [1.165, 1.54) is 18.9 Å². The molecular formula is C16H24FN3O. The van der Waals surface area contributed by atoms with Crippen LogP contribution in [0.25, 0.3) is 0 Å². The van der Waals surface area contributed by atoms with Crippen LogP contribution < -0.4 is 10.6 Å². The number of carbonyl (C=O) groups excluding carboxylic acids is 1. The van der Waals surface area contributed by atoms with E-state index in [1.54, 1.807) is 23.1 Å². The summed E-state index contributed by atoms with van der Waals surface area (Å²) in [6, 6.07) is 6.37. The summed E-state index contributed by atoms with van der Waals surface area (Å²) < 4.78 is 13.6. The molecule has 1 atom stereocenters. The third-order valence-corrected chi connectivity index (χ3v) is 3.75. The Bertz CT molecular complexity index is 461. The topological polar surface area (TPSA) is 44.4 Å². The quantitative estimate of drug-likeness (QED) is 0.875. The Balaban J connectivity index is 1.96. The number of rotatable bonds is 5. The van der Waals surface area contributed by atoms with Gasteiger partial charge in [-0.2, -0.15) is 0 Å². The van der Waals surface area contributed by atoms with Gasteiger partial charge in [-0.3, -0.25) is 0 Å². The van der Waals surface area contributed by atoms with Crippen LogP contribution in [0.3, 0.4) is 0 Å². The second kappa shape index (κ2) is 7.98. The second-order valence-corrected chi connectivity index (χ2v) is 5.50. The number of nitrogens with one attached hydrogen (secondary N) is 2. The number of carbonyl (C=O) groups is 1. The van der Waals surface area contributed by atoms with Crippen molar-refractivity contribution < 1.29 is 9.18 Å². The zero-order valence-electron chi connectivity index (χ0n) is 12.6. The summed E-state index contributed by atoms with van der Waals surface area (Å²) in [6.07, 6.45) is 4.38. The summed E-state index contributed by atoms with van der Waals surface area (Å²) in [5.74, 6) is -0.405.